The largest absolute Gasteiger partial charge is 0.399 e. The molecule has 0 bridgehead atoms. The van der Waals surface area contributed by atoms with Gasteiger partial charge in [-0.3, -0.25) is 0 Å². The van der Waals surface area contributed by atoms with E-state index in [0.717, 1.165) is 20.6 Å². The van der Waals surface area contributed by atoms with Gasteiger partial charge in [-0.2, -0.15) is 0 Å². The lowest BCUT2D eigenvalue weighted by atomic mass is 10.2. The summed E-state index contributed by atoms with van der Waals surface area (Å²) in [6, 6.07) is 13.4. The van der Waals surface area contributed by atoms with E-state index >= 15 is 0 Å². The van der Waals surface area contributed by atoms with Gasteiger partial charge in [0.1, 0.15) is 0 Å². The van der Waals surface area contributed by atoms with Gasteiger partial charge < -0.3 is 11.1 Å². The molecule has 0 unspecified atom stereocenters. The van der Waals surface area contributed by atoms with Gasteiger partial charge in [0.25, 0.3) is 0 Å². The third kappa shape index (κ3) is 2.80. The lowest BCUT2D eigenvalue weighted by molar-refractivity contribution is 1.53. The number of hydrogen-bond acceptors (Lipinski definition) is 2. The van der Waals surface area contributed by atoms with E-state index in [9.17, 15) is 0 Å². The maximum absolute atomic E-state index is 6.12. The van der Waals surface area contributed by atoms with Crippen molar-refractivity contribution in [3.05, 3.63) is 51.1 Å². The Balaban J connectivity index is 2.23. The van der Waals surface area contributed by atoms with Gasteiger partial charge in [-0.05, 0) is 65.1 Å². The first-order chi connectivity index (χ1) is 7.65. The Morgan fingerprint density at radius 2 is 1.75 bits per heavy atom. The van der Waals surface area contributed by atoms with E-state index in [1.165, 1.54) is 0 Å². The molecule has 0 spiro atoms. The van der Waals surface area contributed by atoms with Crippen molar-refractivity contribution in [2.45, 2.75) is 0 Å². The van der Waals surface area contributed by atoms with Crippen LogP contribution in [0.15, 0.2) is 42.5 Å². The zero-order valence-electron chi connectivity index (χ0n) is 8.37. The molecular formula is C12H10ClIN2. The molecule has 0 saturated carbocycles. The number of hydrogen-bond donors (Lipinski definition) is 2. The Hall–Kier alpha value is -0.940. The quantitative estimate of drug-likeness (QED) is 0.631. The summed E-state index contributed by atoms with van der Waals surface area (Å²) in [5, 5.41) is 3.95. The summed E-state index contributed by atoms with van der Waals surface area (Å²) in [5.74, 6) is 0. The molecule has 3 N–H and O–H groups in total. The topological polar surface area (TPSA) is 38.0 Å². The van der Waals surface area contributed by atoms with Crippen LogP contribution >= 0.6 is 34.2 Å². The molecule has 0 atom stereocenters. The summed E-state index contributed by atoms with van der Waals surface area (Å²) < 4.78 is 1.12. The standard InChI is InChI=1S/C12H10ClIN2/c13-11-7-8(14)1-6-12(11)16-10-4-2-9(15)3-5-10/h1-7,16H,15H2. The fourth-order valence-electron chi connectivity index (χ4n) is 1.31. The molecule has 0 radical (unpaired) electrons. The molecule has 2 aromatic carbocycles. The second-order valence-corrected chi connectivity index (χ2v) is 5.02. The van der Waals surface area contributed by atoms with E-state index in [1.807, 2.05) is 42.5 Å². The van der Waals surface area contributed by atoms with Gasteiger partial charge in [0.15, 0.2) is 0 Å². The first kappa shape index (κ1) is 11.5. The average molecular weight is 345 g/mol. The molecule has 0 amide bonds. The second kappa shape index (κ2) is 4.93. The number of nitrogen functional groups attached to an aromatic ring is 1. The lowest BCUT2D eigenvalue weighted by Crippen LogP contribution is -1.92. The summed E-state index contributed by atoms with van der Waals surface area (Å²) in [6.45, 7) is 0. The molecular weight excluding hydrogens is 335 g/mol. The molecule has 0 aliphatic heterocycles. The molecule has 16 heavy (non-hydrogen) atoms. The molecule has 0 aliphatic rings. The normalized spacial score (nSPS) is 10.1. The smallest absolute Gasteiger partial charge is 0.0651 e. The van der Waals surface area contributed by atoms with Crippen molar-refractivity contribution >= 4 is 51.3 Å². The predicted molar refractivity (Wildman–Crippen MR) is 78.3 cm³/mol. The summed E-state index contributed by atoms with van der Waals surface area (Å²) in [5.41, 5.74) is 8.23. The van der Waals surface area contributed by atoms with E-state index in [-0.39, 0.29) is 0 Å². The molecule has 0 saturated heterocycles. The van der Waals surface area contributed by atoms with Crippen molar-refractivity contribution in [1.82, 2.24) is 0 Å². The van der Waals surface area contributed by atoms with Crippen molar-refractivity contribution in [2.75, 3.05) is 11.1 Å². The minimum Gasteiger partial charge on any atom is -0.399 e. The molecule has 82 valence electrons. The van der Waals surface area contributed by atoms with E-state index in [2.05, 4.69) is 27.9 Å². The van der Waals surface area contributed by atoms with Gasteiger partial charge in [0.05, 0.1) is 10.7 Å². The highest BCUT2D eigenvalue weighted by atomic mass is 127. The Labute approximate surface area is 113 Å². The van der Waals surface area contributed by atoms with Crippen molar-refractivity contribution in [3.63, 3.8) is 0 Å². The number of benzene rings is 2. The van der Waals surface area contributed by atoms with E-state index in [1.54, 1.807) is 0 Å². The molecule has 2 rings (SSSR count). The zero-order valence-corrected chi connectivity index (χ0v) is 11.3. The summed E-state index contributed by atoms with van der Waals surface area (Å²) in [7, 11) is 0. The first-order valence-electron chi connectivity index (χ1n) is 4.73. The number of nitrogens with two attached hydrogens (primary N) is 1. The van der Waals surface area contributed by atoms with Crippen molar-refractivity contribution < 1.29 is 0 Å². The minimum atomic E-state index is 0.712. The number of nitrogens with one attached hydrogen (secondary N) is 1. The number of rotatable bonds is 2. The van der Waals surface area contributed by atoms with Crippen LogP contribution in [0, 0.1) is 3.57 Å². The van der Waals surface area contributed by atoms with Crippen molar-refractivity contribution in [3.8, 4) is 0 Å². The van der Waals surface area contributed by atoms with Gasteiger partial charge >= 0.3 is 0 Å². The molecule has 0 aliphatic carbocycles. The predicted octanol–water partition coefficient (Wildman–Crippen LogP) is 4.27. The monoisotopic (exact) mass is 344 g/mol. The summed E-state index contributed by atoms with van der Waals surface area (Å²) in [6.07, 6.45) is 0. The van der Waals surface area contributed by atoms with Crippen LogP contribution in [0.3, 0.4) is 0 Å². The fraction of sp³-hybridized carbons (Fsp3) is 0. The lowest BCUT2D eigenvalue weighted by Gasteiger charge is -2.08. The Kier molecular flexibility index (Phi) is 3.56. The van der Waals surface area contributed by atoms with Crippen LogP contribution in [-0.2, 0) is 0 Å². The van der Waals surface area contributed by atoms with Crippen LogP contribution in [0.2, 0.25) is 5.02 Å². The highest BCUT2D eigenvalue weighted by Crippen LogP contribution is 2.27. The van der Waals surface area contributed by atoms with Crippen LogP contribution in [0.25, 0.3) is 0 Å². The molecule has 2 nitrogen and oxygen atoms in total. The van der Waals surface area contributed by atoms with E-state index in [4.69, 9.17) is 17.3 Å². The maximum Gasteiger partial charge on any atom is 0.0651 e. The van der Waals surface area contributed by atoms with Gasteiger partial charge in [-0.25, -0.2) is 0 Å². The number of halogens is 2. The van der Waals surface area contributed by atoms with Crippen LogP contribution in [-0.4, -0.2) is 0 Å². The van der Waals surface area contributed by atoms with Gasteiger partial charge in [-0.1, -0.05) is 11.6 Å². The molecule has 0 heterocycles. The highest BCUT2D eigenvalue weighted by molar-refractivity contribution is 14.1. The summed E-state index contributed by atoms with van der Waals surface area (Å²) in [4.78, 5) is 0. The third-order valence-corrected chi connectivity index (χ3v) is 3.10. The van der Waals surface area contributed by atoms with Crippen LogP contribution in [0.4, 0.5) is 17.1 Å². The first-order valence-corrected chi connectivity index (χ1v) is 6.18. The highest BCUT2D eigenvalue weighted by Gasteiger charge is 2.01. The van der Waals surface area contributed by atoms with Crippen LogP contribution in [0.1, 0.15) is 0 Å². The van der Waals surface area contributed by atoms with Crippen LogP contribution in [0.5, 0.6) is 0 Å². The fourth-order valence-corrected chi connectivity index (χ4v) is 2.22. The Bertz CT molecular complexity index is 497. The Morgan fingerprint density at radius 3 is 2.38 bits per heavy atom. The van der Waals surface area contributed by atoms with E-state index in [0.29, 0.717) is 5.02 Å². The minimum absolute atomic E-state index is 0.712. The van der Waals surface area contributed by atoms with Gasteiger partial charge in [0.2, 0.25) is 0 Å². The SMILES string of the molecule is Nc1ccc(Nc2ccc(I)cc2Cl)cc1. The summed E-state index contributed by atoms with van der Waals surface area (Å²) >= 11 is 8.35. The average Bonchev–Trinajstić information content (AvgIpc) is 2.25. The molecule has 2 aromatic rings. The van der Waals surface area contributed by atoms with Crippen molar-refractivity contribution in [2.24, 2.45) is 0 Å². The maximum atomic E-state index is 6.12. The van der Waals surface area contributed by atoms with E-state index < -0.39 is 0 Å². The third-order valence-electron chi connectivity index (χ3n) is 2.12. The van der Waals surface area contributed by atoms with Crippen LogP contribution < -0.4 is 11.1 Å². The molecule has 4 heteroatoms. The van der Waals surface area contributed by atoms with Crippen molar-refractivity contribution in [1.29, 1.82) is 0 Å². The van der Waals surface area contributed by atoms with Gasteiger partial charge in [-0.15, -0.1) is 0 Å². The number of anilines is 3. The zero-order chi connectivity index (χ0) is 11.5. The van der Waals surface area contributed by atoms with Gasteiger partial charge in [0, 0.05) is 14.9 Å². The second-order valence-electron chi connectivity index (χ2n) is 3.37. The molecule has 0 aromatic heterocycles. The molecule has 0 fully saturated rings. The Morgan fingerprint density at radius 1 is 1.06 bits per heavy atom.